The highest BCUT2D eigenvalue weighted by Gasteiger charge is 2.09. The van der Waals surface area contributed by atoms with Crippen LogP contribution in [-0.2, 0) is 0 Å². The van der Waals surface area contributed by atoms with Gasteiger partial charge in [-0.15, -0.1) is 0 Å². The number of pyridine rings is 1. The molecule has 0 aliphatic rings. The summed E-state index contributed by atoms with van der Waals surface area (Å²) in [5.74, 6) is 2.05. The van der Waals surface area contributed by atoms with Crippen LogP contribution in [0.1, 0.15) is 31.0 Å². The van der Waals surface area contributed by atoms with Crippen LogP contribution in [0.3, 0.4) is 0 Å². The maximum atomic E-state index is 5.73. The molecule has 0 fully saturated rings. The van der Waals surface area contributed by atoms with E-state index in [4.69, 9.17) is 19.5 Å². The molecule has 6 heteroatoms. The number of para-hydroxylation sites is 3. The summed E-state index contributed by atoms with van der Waals surface area (Å²) in [5, 5.41) is 5.49. The summed E-state index contributed by atoms with van der Waals surface area (Å²) in [6.07, 6.45) is 3.90. The topological polar surface area (TPSA) is 68.1 Å². The number of hydrogen-bond acceptors (Lipinski definition) is 5. The van der Waals surface area contributed by atoms with Crippen LogP contribution in [0.15, 0.2) is 95.0 Å². The van der Waals surface area contributed by atoms with Crippen molar-refractivity contribution in [3.05, 3.63) is 96.2 Å². The Morgan fingerprint density at radius 1 is 0.941 bits per heavy atom. The summed E-state index contributed by atoms with van der Waals surface area (Å²) < 4.78 is 11.2. The predicted octanol–water partition coefficient (Wildman–Crippen LogP) is 6.12. The minimum Gasteiger partial charge on any atom is -0.494 e. The Hall–Kier alpha value is -4.19. The third-order valence-corrected chi connectivity index (χ3v) is 5.19. The summed E-state index contributed by atoms with van der Waals surface area (Å²) in [4.78, 5) is 9.55. The number of nitrogens with one attached hydrogen (secondary N) is 1. The lowest BCUT2D eigenvalue weighted by atomic mass is 10.2. The van der Waals surface area contributed by atoms with Crippen molar-refractivity contribution in [2.45, 2.75) is 19.8 Å². The molecule has 4 rings (SSSR count). The van der Waals surface area contributed by atoms with E-state index in [0.717, 1.165) is 41.7 Å². The van der Waals surface area contributed by atoms with Gasteiger partial charge in [0.25, 0.3) is 0 Å². The van der Waals surface area contributed by atoms with Crippen molar-refractivity contribution in [2.75, 3.05) is 13.7 Å². The first-order valence-electron chi connectivity index (χ1n) is 11.4. The number of unbranched alkanes of at least 4 members (excludes halogenated alkanes) is 1. The van der Waals surface area contributed by atoms with E-state index in [9.17, 15) is 0 Å². The van der Waals surface area contributed by atoms with Gasteiger partial charge in [0.2, 0.25) is 0 Å². The van der Waals surface area contributed by atoms with Gasteiger partial charge in [-0.1, -0.05) is 49.7 Å². The molecule has 0 radical (unpaired) electrons. The first-order chi connectivity index (χ1) is 16.8. The van der Waals surface area contributed by atoms with Crippen LogP contribution in [0.25, 0.3) is 10.9 Å². The largest absolute Gasteiger partial charge is 0.494 e. The van der Waals surface area contributed by atoms with Crippen molar-refractivity contribution < 1.29 is 9.47 Å². The molecule has 0 amide bonds. The highest BCUT2D eigenvalue weighted by Crippen LogP contribution is 2.27. The van der Waals surface area contributed by atoms with Crippen LogP contribution in [0.2, 0.25) is 0 Å². The van der Waals surface area contributed by atoms with Crippen LogP contribution < -0.4 is 14.9 Å². The molecule has 1 heterocycles. The van der Waals surface area contributed by atoms with E-state index >= 15 is 0 Å². The fourth-order valence-corrected chi connectivity index (χ4v) is 3.33. The Morgan fingerprint density at radius 3 is 2.56 bits per heavy atom. The highest BCUT2D eigenvalue weighted by atomic mass is 16.5. The first kappa shape index (κ1) is 23.0. The van der Waals surface area contributed by atoms with Gasteiger partial charge in [-0.3, -0.25) is 5.43 Å². The van der Waals surface area contributed by atoms with Crippen molar-refractivity contribution in [2.24, 2.45) is 10.1 Å². The van der Waals surface area contributed by atoms with Gasteiger partial charge in [-0.05, 0) is 60.5 Å². The summed E-state index contributed by atoms with van der Waals surface area (Å²) in [6, 6.07) is 27.4. The van der Waals surface area contributed by atoms with Crippen molar-refractivity contribution in [1.29, 1.82) is 0 Å². The Kier molecular flexibility index (Phi) is 7.85. The normalized spacial score (nSPS) is 11.6. The SMILES string of the molecule is CCCCOc1ccc(C=NNC(=Nc2ccccc2OC)c2ccc3ccccc3n2)cc1. The molecule has 0 aliphatic carbocycles. The molecule has 1 N–H and O–H groups in total. The summed E-state index contributed by atoms with van der Waals surface area (Å²) >= 11 is 0. The standard InChI is InChI=1S/C28H28N4O2/c1-3-4-19-34-23-16-13-21(14-17-23)20-29-32-28(31-25-11-7-8-12-27(25)33-2)26-18-15-22-9-5-6-10-24(22)30-26/h5-18,20H,3-4,19H2,1-2H3,(H,31,32). The second-order valence-electron chi connectivity index (χ2n) is 7.66. The molecule has 0 saturated heterocycles. The van der Waals surface area contributed by atoms with E-state index < -0.39 is 0 Å². The Balaban J connectivity index is 1.58. The number of benzene rings is 3. The molecule has 3 aromatic carbocycles. The summed E-state index contributed by atoms with van der Waals surface area (Å²) in [6.45, 7) is 2.88. The molecule has 0 saturated carbocycles. The third kappa shape index (κ3) is 5.98. The third-order valence-electron chi connectivity index (χ3n) is 5.19. The maximum absolute atomic E-state index is 5.73. The Morgan fingerprint density at radius 2 is 1.74 bits per heavy atom. The molecule has 172 valence electrons. The smallest absolute Gasteiger partial charge is 0.173 e. The molecule has 6 nitrogen and oxygen atoms in total. The van der Waals surface area contributed by atoms with Crippen molar-refractivity contribution in [1.82, 2.24) is 10.4 Å². The average Bonchev–Trinajstić information content (AvgIpc) is 2.89. The molecule has 0 aliphatic heterocycles. The Labute approximate surface area is 200 Å². The lowest BCUT2D eigenvalue weighted by Crippen LogP contribution is -2.20. The van der Waals surface area contributed by atoms with E-state index in [-0.39, 0.29) is 0 Å². The zero-order valence-corrected chi connectivity index (χ0v) is 19.4. The van der Waals surface area contributed by atoms with Gasteiger partial charge in [0.1, 0.15) is 22.9 Å². The lowest BCUT2D eigenvalue weighted by molar-refractivity contribution is 0.309. The van der Waals surface area contributed by atoms with E-state index in [1.54, 1.807) is 13.3 Å². The quantitative estimate of drug-likeness (QED) is 0.144. The van der Waals surface area contributed by atoms with E-state index in [1.165, 1.54) is 0 Å². The second kappa shape index (κ2) is 11.6. The summed E-state index contributed by atoms with van der Waals surface area (Å²) in [5.41, 5.74) is 6.27. The number of nitrogens with zero attached hydrogens (tertiary/aromatic N) is 3. The number of hydrazone groups is 1. The highest BCUT2D eigenvalue weighted by molar-refractivity contribution is 6.01. The van der Waals surface area contributed by atoms with Gasteiger partial charge < -0.3 is 9.47 Å². The maximum Gasteiger partial charge on any atom is 0.173 e. The molecular formula is C28H28N4O2. The van der Waals surface area contributed by atoms with Crippen LogP contribution in [0.5, 0.6) is 11.5 Å². The number of aliphatic imine (C=N–C) groups is 1. The van der Waals surface area contributed by atoms with Gasteiger partial charge in [-0.2, -0.15) is 5.10 Å². The lowest BCUT2D eigenvalue weighted by Gasteiger charge is -2.09. The zero-order chi connectivity index (χ0) is 23.6. The van der Waals surface area contributed by atoms with Gasteiger partial charge in [0.15, 0.2) is 5.84 Å². The molecule has 0 bridgehead atoms. The van der Waals surface area contributed by atoms with Crippen LogP contribution >= 0.6 is 0 Å². The van der Waals surface area contributed by atoms with Crippen LogP contribution in [0, 0.1) is 0 Å². The van der Waals surface area contributed by atoms with Crippen molar-refractivity contribution in [3.8, 4) is 11.5 Å². The van der Waals surface area contributed by atoms with Gasteiger partial charge in [-0.25, -0.2) is 9.98 Å². The van der Waals surface area contributed by atoms with Crippen molar-refractivity contribution >= 4 is 28.6 Å². The average molecular weight is 453 g/mol. The molecular weight excluding hydrogens is 424 g/mol. The van der Waals surface area contributed by atoms with Crippen LogP contribution in [-0.4, -0.2) is 30.8 Å². The number of hydrogen-bond donors (Lipinski definition) is 1. The van der Waals surface area contributed by atoms with Gasteiger partial charge >= 0.3 is 0 Å². The number of methoxy groups -OCH3 is 1. The number of ether oxygens (including phenoxy) is 2. The minimum atomic E-state index is 0.519. The number of aromatic nitrogens is 1. The first-order valence-corrected chi connectivity index (χ1v) is 11.4. The molecule has 34 heavy (non-hydrogen) atoms. The van der Waals surface area contributed by atoms with Crippen LogP contribution in [0.4, 0.5) is 5.69 Å². The van der Waals surface area contributed by atoms with E-state index in [0.29, 0.717) is 23.0 Å². The number of rotatable bonds is 9. The van der Waals surface area contributed by atoms with E-state index in [2.05, 4.69) is 17.5 Å². The van der Waals surface area contributed by atoms with Gasteiger partial charge in [0.05, 0.1) is 25.4 Å². The fraction of sp³-hybridized carbons (Fsp3) is 0.179. The molecule has 0 spiro atoms. The molecule has 4 aromatic rings. The minimum absolute atomic E-state index is 0.519. The summed E-state index contributed by atoms with van der Waals surface area (Å²) in [7, 11) is 1.63. The molecule has 1 aromatic heterocycles. The predicted molar refractivity (Wildman–Crippen MR) is 139 cm³/mol. The number of amidine groups is 1. The zero-order valence-electron chi connectivity index (χ0n) is 19.4. The molecule has 0 unspecified atom stereocenters. The van der Waals surface area contributed by atoms with Gasteiger partial charge in [0, 0.05) is 5.39 Å². The fourth-order valence-electron chi connectivity index (χ4n) is 3.33. The second-order valence-corrected chi connectivity index (χ2v) is 7.66. The molecule has 0 atom stereocenters. The number of fused-ring (bicyclic) bond motifs is 1. The van der Waals surface area contributed by atoms with E-state index in [1.807, 2.05) is 84.9 Å². The monoisotopic (exact) mass is 452 g/mol. The van der Waals surface area contributed by atoms with Crippen molar-refractivity contribution in [3.63, 3.8) is 0 Å². The Bertz CT molecular complexity index is 1280.